The molecule has 0 N–H and O–H groups in total. The fourth-order valence-corrected chi connectivity index (χ4v) is 3.80. The molecule has 1 aromatic heterocycles. The maximum absolute atomic E-state index is 12.8. The maximum atomic E-state index is 12.8. The molecule has 26 heavy (non-hydrogen) atoms. The molecule has 132 valence electrons. The fourth-order valence-electron chi connectivity index (χ4n) is 3.06. The lowest BCUT2D eigenvalue weighted by Crippen LogP contribution is -2.35. The fraction of sp³-hybridized carbons (Fsp3) is 0.250. The Morgan fingerprint density at radius 2 is 1.92 bits per heavy atom. The van der Waals surface area contributed by atoms with Crippen molar-refractivity contribution >= 4 is 23.4 Å². The molecule has 0 saturated carbocycles. The van der Waals surface area contributed by atoms with Crippen LogP contribution in [0.4, 0.5) is 5.69 Å². The summed E-state index contributed by atoms with van der Waals surface area (Å²) >= 11 is 1.30. The average molecular weight is 365 g/mol. The molecule has 0 radical (unpaired) electrons. The van der Waals surface area contributed by atoms with Crippen LogP contribution < -0.4 is 4.90 Å². The second-order valence-corrected chi connectivity index (χ2v) is 7.66. The second-order valence-electron chi connectivity index (χ2n) is 6.37. The normalized spacial score (nSPS) is 14.3. The molecule has 3 aromatic rings. The minimum atomic E-state index is -0.299. The summed E-state index contributed by atoms with van der Waals surface area (Å²) in [6.07, 6.45) is 0.900. The summed E-state index contributed by atoms with van der Waals surface area (Å²) in [5, 5.41) is 8.30. The van der Waals surface area contributed by atoms with Gasteiger partial charge in [0.05, 0.1) is 5.25 Å². The van der Waals surface area contributed by atoms with Gasteiger partial charge in [0, 0.05) is 17.8 Å². The number of nitrogens with zero attached hydrogens (tertiary/aromatic N) is 3. The lowest BCUT2D eigenvalue weighted by molar-refractivity contribution is -0.117. The van der Waals surface area contributed by atoms with E-state index in [1.54, 1.807) is 0 Å². The zero-order valence-electron chi connectivity index (χ0n) is 14.7. The number of fused-ring (bicyclic) bond motifs is 1. The van der Waals surface area contributed by atoms with Crippen molar-refractivity contribution in [2.75, 3.05) is 11.4 Å². The summed E-state index contributed by atoms with van der Waals surface area (Å²) in [5.41, 5.74) is 4.28. The van der Waals surface area contributed by atoms with Crippen molar-refractivity contribution in [1.29, 1.82) is 0 Å². The van der Waals surface area contributed by atoms with E-state index >= 15 is 0 Å². The lowest BCUT2D eigenvalue weighted by Gasteiger charge is -2.20. The summed E-state index contributed by atoms with van der Waals surface area (Å²) in [6, 6.07) is 16.0. The van der Waals surface area contributed by atoms with E-state index in [-0.39, 0.29) is 11.2 Å². The number of carbonyl (C=O) groups excluding carboxylic acids is 1. The van der Waals surface area contributed by atoms with Crippen molar-refractivity contribution in [3.63, 3.8) is 0 Å². The topological polar surface area (TPSA) is 59.2 Å². The first-order valence-electron chi connectivity index (χ1n) is 8.58. The van der Waals surface area contributed by atoms with E-state index in [4.69, 9.17) is 4.42 Å². The van der Waals surface area contributed by atoms with Crippen molar-refractivity contribution in [2.45, 2.75) is 30.7 Å². The molecule has 0 aliphatic carbocycles. The molecule has 6 heteroatoms. The molecule has 0 fully saturated rings. The molecule has 1 aliphatic rings. The maximum Gasteiger partial charge on any atom is 0.277 e. The van der Waals surface area contributed by atoms with Gasteiger partial charge in [0.2, 0.25) is 11.8 Å². The first-order chi connectivity index (χ1) is 12.6. The van der Waals surface area contributed by atoms with Crippen molar-refractivity contribution in [1.82, 2.24) is 10.2 Å². The molecule has 5 nitrogen and oxygen atoms in total. The van der Waals surface area contributed by atoms with Gasteiger partial charge in [0.25, 0.3) is 5.22 Å². The number of carbonyl (C=O) groups is 1. The van der Waals surface area contributed by atoms with Crippen LogP contribution >= 0.6 is 11.8 Å². The summed E-state index contributed by atoms with van der Waals surface area (Å²) in [5.74, 6) is 0.536. The van der Waals surface area contributed by atoms with Crippen LogP contribution in [0.3, 0.4) is 0 Å². The van der Waals surface area contributed by atoms with Crippen LogP contribution in [0.25, 0.3) is 11.5 Å². The molecule has 0 spiro atoms. The number of rotatable bonds is 4. The van der Waals surface area contributed by atoms with Crippen molar-refractivity contribution in [3.05, 3.63) is 59.7 Å². The number of aryl methyl sites for hydroxylation is 1. The Balaban J connectivity index is 1.46. The third kappa shape index (κ3) is 3.24. The molecule has 1 aliphatic heterocycles. The molecule has 2 heterocycles. The number of thioether (sulfide) groups is 1. The second kappa shape index (κ2) is 6.96. The van der Waals surface area contributed by atoms with Crippen molar-refractivity contribution in [2.24, 2.45) is 0 Å². The van der Waals surface area contributed by atoms with E-state index < -0.39 is 0 Å². The Kier molecular flexibility index (Phi) is 4.51. The van der Waals surface area contributed by atoms with Crippen LogP contribution in [0.5, 0.6) is 0 Å². The summed E-state index contributed by atoms with van der Waals surface area (Å²) in [6.45, 7) is 4.63. The average Bonchev–Trinajstić information content (AvgIpc) is 3.29. The van der Waals surface area contributed by atoms with Crippen LogP contribution in [0.1, 0.15) is 18.1 Å². The Hall–Kier alpha value is -2.60. The zero-order chi connectivity index (χ0) is 18.1. The van der Waals surface area contributed by atoms with Crippen LogP contribution in [-0.2, 0) is 11.2 Å². The van der Waals surface area contributed by atoms with E-state index in [1.165, 1.54) is 22.9 Å². The van der Waals surface area contributed by atoms with E-state index in [0.717, 1.165) is 24.2 Å². The number of hydrogen-bond donors (Lipinski definition) is 0. The predicted octanol–water partition coefficient (Wildman–Crippen LogP) is 4.11. The van der Waals surface area contributed by atoms with Crippen LogP contribution in [0.2, 0.25) is 0 Å². The number of para-hydroxylation sites is 1. The molecule has 0 saturated heterocycles. The quantitative estimate of drug-likeness (QED) is 0.651. The number of aromatic nitrogens is 2. The molecule has 0 bridgehead atoms. The number of hydrogen-bond acceptors (Lipinski definition) is 5. The monoisotopic (exact) mass is 365 g/mol. The predicted molar refractivity (Wildman–Crippen MR) is 102 cm³/mol. The van der Waals surface area contributed by atoms with Gasteiger partial charge in [0.1, 0.15) is 0 Å². The van der Waals surface area contributed by atoms with Gasteiger partial charge in [-0.15, -0.1) is 10.2 Å². The van der Waals surface area contributed by atoms with Crippen molar-refractivity contribution < 1.29 is 9.21 Å². The SMILES string of the molecule is Cc1ccc(-c2nnc(S[C@H](C)C(=O)N3CCc4ccccc43)o2)cc1. The molecule has 0 unspecified atom stereocenters. The smallest absolute Gasteiger partial charge is 0.277 e. The first kappa shape index (κ1) is 16.8. The number of benzene rings is 2. The van der Waals surface area contributed by atoms with E-state index in [2.05, 4.69) is 16.3 Å². The first-order valence-corrected chi connectivity index (χ1v) is 9.46. The molecule has 4 rings (SSSR count). The molecule has 2 aromatic carbocycles. The van der Waals surface area contributed by atoms with Gasteiger partial charge in [-0.05, 0) is 44.0 Å². The summed E-state index contributed by atoms with van der Waals surface area (Å²) < 4.78 is 5.73. The Morgan fingerprint density at radius 1 is 1.15 bits per heavy atom. The van der Waals surface area contributed by atoms with Gasteiger partial charge in [-0.3, -0.25) is 4.79 Å². The molecule has 1 amide bonds. The van der Waals surface area contributed by atoms with E-state index in [9.17, 15) is 4.79 Å². The zero-order valence-corrected chi connectivity index (χ0v) is 15.5. The summed E-state index contributed by atoms with van der Waals surface area (Å²) in [7, 11) is 0. The van der Waals surface area contributed by atoms with Crippen molar-refractivity contribution in [3.8, 4) is 11.5 Å². The van der Waals surface area contributed by atoms with Gasteiger partial charge in [-0.25, -0.2) is 0 Å². The third-order valence-corrected chi connectivity index (χ3v) is 5.41. The highest BCUT2D eigenvalue weighted by molar-refractivity contribution is 8.00. The van der Waals surface area contributed by atoms with Gasteiger partial charge in [-0.2, -0.15) is 0 Å². The Labute approximate surface area is 156 Å². The minimum absolute atomic E-state index is 0.0648. The van der Waals surface area contributed by atoms with Gasteiger partial charge in [-0.1, -0.05) is 47.7 Å². The van der Waals surface area contributed by atoms with Gasteiger partial charge < -0.3 is 9.32 Å². The highest BCUT2D eigenvalue weighted by atomic mass is 32.2. The number of amides is 1. The third-order valence-electron chi connectivity index (χ3n) is 4.48. The highest BCUT2D eigenvalue weighted by Gasteiger charge is 2.29. The highest BCUT2D eigenvalue weighted by Crippen LogP contribution is 2.32. The minimum Gasteiger partial charge on any atom is -0.411 e. The standard InChI is InChI=1S/C20H19N3O2S/c1-13-7-9-16(10-8-13)18-21-22-20(25-18)26-14(2)19(24)23-12-11-15-5-3-4-6-17(15)23/h3-10,14H,11-12H2,1-2H3/t14-/m1/s1. The molecular formula is C20H19N3O2S. The van der Waals surface area contributed by atoms with Crippen LogP contribution in [0, 0.1) is 6.92 Å². The van der Waals surface area contributed by atoms with E-state index in [1.807, 2.05) is 61.2 Å². The molecular weight excluding hydrogens is 346 g/mol. The largest absolute Gasteiger partial charge is 0.411 e. The Morgan fingerprint density at radius 3 is 2.73 bits per heavy atom. The van der Waals surface area contributed by atoms with Crippen LogP contribution in [-0.4, -0.2) is 27.9 Å². The lowest BCUT2D eigenvalue weighted by atomic mass is 10.1. The van der Waals surface area contributed by atoms with Crippen LogP contribution in [0.15, 0.2) is 58.2 Å². The molecule has 1 atom stereocenters. The number of anilines is 1. The summed E-state index contributed by atoms with van der Waals surface area (Å²) in [4.78, 5) is 14.7. The van der Waals surface area contributed by atoms with Gasteiger partial charge >= 0.3 is 0 Å². The van der Waals surface area contributed by atoms with Gasteiger partial charge in [0.15, 0.2) is 0 Å². The Bertz CT molecular complexity index is 936. The van der Waals surface area contributed by atoms with E-state index in [0.29, 0.717) is 11.1 Å².